The van der Waals surface area contributed by atoms with E-state index in [1.165, 1.54) is 0 Å². The first-order valence-electron chi connectivity index (χ1n) is 6.59. The molecule has 1 aliphatic heterocycles. The molecule has 2 aromatic rings. The molecule has 108 valence electrons. The summed E-state index contributed by atoms with van der Waals surface area (Å²) in [6.07, 6.45) is 0.766. The Kier molecular flexibility index (Phi) is 3.79. The predicted octanol–water partition coefficient (Wildman–Crippen LogP) is 4.18. The topological polar surface area (TPSA) is 40.5 Å². The largest absolute Gasteiger partial charge is 0.479 e. The Labute approximate surface area is 132 Å². The van der Waals surface area contributed by atoms with Crippen LogP contribution in [0.5, 0.6) is 0 Å². The van der Waals surface area contributed by atoms with Crippen molar-refractivity contribution in [2.75, 3.05) is 11.4 Å². The van der Waals surface area contributed by atoms with Crippen molar-refractivity contribution in [1.82, 2.24) is 0 Å². The standard InChI is InChI=1S/C16H13Cl2NO2/c17-11-1-4-13(5-2-11)19-8-7-10-9-12(18)3-6-14(10)15(19)16(20)21/h1-6,9,15H,7-8H2,(H,20,21). The molecule has 3 nitrogen and oxygen atoms in total. The van der Waals surface area contributed by atoms with Gasteiger partial charge in [-0.25, -0.2) is 4.79 Å². The van der Waals surface area contributed by atoms with Gasteiger partial charge in [0.1, 0.15) is 0 Å². The highest BCUT2D eigenvalue weighted by atomic mass is 35.5. The summed E-state index contributed by atoms with van der Waals surface area (Å²) in [5.41, 5.74) is 2.65. The molecule has 1 heterocycles. The van der Waals surface area contributed by atoms with Gasteiger partial charge in [0.2, 0.25) is 0 Å². The molecule has 1 N–H and O–H groups in total. The van der Waals surface area contributed by atoms with Crippen molar-refractivity contribution in [3.8, 4) is 0 Å². The van der Waals surface area contributed by atoms with Crippen LogP contribution in [0.2, 0.25) is 10.0 Å². The maximum absolute atomic E-state index is 11.8. The summed E-state index contributed by atoms with van der Waals surface area (Å²) in [6, 6.07) is 11.9. The summed E-state index contributed by atoms with van der Waals surface area (Å²) in [4.78, 5) is 13.6. The van der Waals surface area contributed by atoms with Crippen LogP contribution >= 0.6 is 23.2 Å². The van der Waals surface area contributed by atoms with Gasteiger partial charge in [0.05, 0.1) is 0 Å². The molecule has 0 fully saturated rings. The zero-order chi connectivity index (χ0) is 15.0. The van der Waals surface area contributed by atoms with Crippen molar-refractivity contribution >= 4 is 34.9 Å². The fourth-order valence-electron chi connectivity index (χ4n) is 2.77. The number of rotatable bonds is 2. The van der Waals surface area contributed by atoms with E-state index >= 15 is 0 Å². The second kappa shape index (κ2) is 5.58. The van der Waals surface area contributed by atoms with Gasteiger partial charge in [-0.1, -0.05) is 29.3 Å². The van der Waals surface area contributed by atoms with Crippen LogP contribution in [0.3, 0.4) is 0 Å². The molecule has 0 bridgehead atoms. The van der Waals surface area contributed by atoms with Gasteiger partial charge in [0.15, 0.2) is 6.04 Å². The molecule has 0 saturated heterocycles. The number of aliphatic carboxylic acids is 1. The molecule has 0 radical (unpaired) electrons. The van der Waals surface area contributed by atoms with E-state index in [4.69, 9.17) is 23.2 Å². The van der Waals surface area contributed by atoms with E-state index in [9.17, 15) is 9.90 Å². The second-order valence-electron chi connectivity index (χ2n) is 5.00. The van der Waals surface area contributed by atoms with Crippen LogP contribution in [-0.2, 0) is 11.2 Å². The second-order valence-corrected chi connectivity index (χ2v) is 5.88. The van der Waals surface area contributed by atoms with E-state index in [-0.39, 0.29) is 0 Å². The van der Waals surface area contributed by atoms with Crippen molar-refractivity contribution < 1.29 is 9.90 Å². The zero-order valence-corrected chi connectivity index (χ0v) is 12.6. The third kappa shape index (κ3) is 2.71. The Morgan fingerprint density at radius 1 is 1.10 bits per heavy atom. The summed E-state index contributed by atoms with van der Waals surface area (Å²) in [7, 11) is 0. The first-order chi connectivity index (χ1) is 10.1. The molecule has 3 rings (SSSR count). The van der Waals surface area contributed by atoms with Crippen LogP contribution in [0.1, 0.15) is 17.2 Å². The molecular formula is C16H13Cl2NO2. The number of benzene rings is 2. The monoisotopic (exact) mass is 321 g/mol. The first-order valence-corrected chi connectivity index (χ1v) is 7.35. The predicted molar refractivity (Wildman–Crippen MR) is 84.3 cm³/mol. The lowest BCUT2D eigenvalue weighted by Gasteiger charge is -2.36. The Balaban J connectivity index is 2.05. The van der Waals surface area contributed by atoms with E-state index in [1.54, 1.807) is 24.3 Å². The maximum atomic E-state index is 11.8. The molecule has 2 aromatic carbocycles. The lowest BCUT2D eigenvalue weighted by molar-refractivity contribution is -0.138. The minimum atomic E-state index is -0.867. The molecule has 5 heteroatoms. The molecule has 1 atom stereocenters. The molecule has 0 aromatic heterocycles. The van der Waals surface area contributed by atoms with Gasteiger partial charge < -0.3 is 10.0 Å². The Hall–Kier alpha value is -1.71. The van der Waals surface area contributed by atoms with Gasteiger partial charge in [-0.3, -0.25) is 0 Å². The number of hydrogen-bond acceptors (Lipinski definition) is 2. The molecule has 21 heavy (non-hydrogen) atoms. The number of carbonyl (C=O) groups is 1. The first kappa shape index (κ1) is 14.2. The van der Waals surface area contributed by atoms with E-state index in [1.807, 2.05) is 23.1 Å². The van der Waals surface area contributed by atoms with Crippen LogP contribution in [0.15, 0.2) is 42.5 Å². The maximum Gasteiger partial charge on any atom is 0.331 e. The molecule has 0 amide bonds. The lowest BCUT2D eigenvalue weighted by Crippen LogP contribution is -2.39. The Morgan fingerprint density at radius 2 is 1.76 bits per heavy atom. The molecule has 0 saturated carbocycles. The number of anilines is 1. The van der Waals surface area contributed by atoms with Crippen molar-refractivity contribution in [2.45, 2.75) is 12.5 Å². The van der Waals surface area contributed by atoms with Crippen molar-refractivity contribution in [2.24, 2.45) is 0 Å². The fraction of sp³-hybridized carbons (Fsp3) is 0.188. The lowest BCUT2D eigenvalue weighted by atomic mass is 9.92. The normalized spacial score (nSPS) is 17.4. The van der Waals surface area contributed by atoms with Gasteiger partial charge >= 0.3 is 5.97 Å². The number of fused-ring (bicyclic) bond motifs is 1. The van der Waals surface area contributed by atoms with Crippen molar-refractivity contribution in [3.05, 3.63) is 63.6 Å². The van der Waals surface area contributed by atoms with Crippen LogP contribution in [0.4, 0.5) is 5.69 Å². The number of carboxylic acid groups (broad SMARTS) is 1. The van der Waals surface area contributed by atoms with E-state index in [0.29, 0.717) is 16.6 Å². The van der Waals surface area contributed by atoms with Crippen LogP contribution in [-0.4, -0.2) is 17.6 Å². The van der Waals surface area contributed by atoms with Crippen LogP contribution in [0, 0.1) is 0 Å². The van der Waals surface area contributed by atoms with Crippen LogP contribution < -0.4 is 4.90 Å². The zero-order valence-electron chi connectivity index (χ0n) is 11.1. The summed E-state index contributed by atoms with van der Waals surface area (Å²) in [5.74, 6) is -0.867. The minimum Gasteiger partial charge on any atom is -0.479 e. The molecule has 0 spiro atoms. The number of nitrogens with zero attached hydrogens (tertiary/aromatic N) is 1. The number of carboxylic acids is 1. The number of hydrogen-bond donors (Lipinski definition) is 1. The van der Waals surface area contributed by atoms with E-state index < -0.39 is 12.0 Å². The Bertz CT molecular complexity index is 685. The molecular weight excluding hydrogens is 309 g/mol. The Morgan fingerprint density at radius 3 is 2.43 bits per heavy atom. The fourth-order valence-corrected chi connectivity index (χ4v) is 3.09. The third-order valence-corrected chi connectivity index (χ3v) is 4.21. The van der Waals surface area contributed by atoms with Gasteiger partial charge in [-0.05, 0) is 53.9 Å². The summed E-state index contributed by atoms with van der Waals surface area (Å²) in [6.45, 7) is 0.631. The van der Waals surface area contributed by atoms with Gasteiger partial charge in [-0.15, -0.1) is 0 Å². The third-order valence-electron chi connectivity index (χ3n) is 3.73. The summed E-state index contributed by atoms with van der Waals surface area (Å²) in [5, 5.41) is 10.9. The van der Waals surface area contributed by atoms with E-state index in [0.717, 1.165) is 23.2 Å². The summed E-state index contributed by atoms with van der Waals surface area (Å²) >= 11 is 11.9. The smallest absolute Gasteiger partial charge is 0.331 e. The number of halogens is 2. The SMILES string of the molecule is O=C(O)C1c2ccc(Cl)cc2CCN1c1ccc(Cl)cc1. The molecule has 1 unspecified atom stereocenters. The van der Waals surface area contributed by atoms with Crippen molar-refractivity contribution in [3.63, 3.8) is 0 Å². The van der Waals surface area contributed by atoms with Gasteiger partial charge in [-0.2, -0.15) is 0 Å². The van der Waals surface area contributed by atoms with Crippen molar-refractivity contribution in [1.29, 1.82) is 0 Å². The highest BCUT2D eigenvalue weighted by Crippen LogP contribution is 2.35. The van der Waals surface area contributed by atoms with Crippen LogP contribution in [0.25, 0.3) is 0 Å². The van der Waals surface area contributed by atoms with E-state index in [2.05, 4.69) is 0 Å². The molecule has 0 aliphatic carbocycles. The average Bonchev–Trinajstić information content (AvgIpc) is 2.46. The van der Waals surface area contributed by atoms with Gasteiger partial charge in [0.25, 0.3) is 0 Å². The quantitative estimate of drug-likeness (QED) is 0.901. The minimum absolute atomic E-state index is 0.631. The highest BCUT2D eigenvalue weighted by Gasteiger charge is 2.33. The van der Waals surface area contributed by atoms with Gasteiger partial charge in [0, 0.05) is 22.3 Å². The highest BCUT2D eigenvalue weighted by molar-refractivity contribution is 6.31. The average molecular weight is 322 g/mol. The molecule has 1 aliphatic rings. The summed E-state index contributed by atoms with van der Waals surface area (Å²) < 4.78 is 0.